The zero-order chi connectivity index (χ0) is 23.3. The second-order valence-corrected chi connectivity index (χ2v) is 8.67. The molecule has 0 amide bonds. The topological polar surface area (TPSA) is 67.4 Å². The lowest BCUT2D eigenvalue weighted by Crippen LogP contribution is -2.37. The Morgan fingerprint density at radius 2 is 1.67 bits per heavy atom. The van der Waals surface area contributed by atoms with Gasteiger partial charge < -0.3 is 14.0 Å². The summed E-state index contributed by atoms with van der Waals surface area (Å²) in [5.41, 5.74) is 3.49. The number of rotatable bonds is 4. The molecule has 0 aliphatic carbocycles. The molecule has 0 saturated heterocycles. The summed E-state index contributed by atoms with van der Waals surface area (Å²) in [6, 6.07) is 17.7. The monoisotopic (exact) mass is 445 g/mol. The molecular weight excluding hydrogens is 418 g/mol. The molecule has 1 aliphatic rings. The zero-order valence-corrected chi connectivity index (χ0v) is 19.2. The molecule has 2 aromatic carbocycles. The van der Waals surface area contributed by atoms with E-state index in [4.69, 9.17) is 9.47 Å². The van der Waals surface area contributed by atoms with Crippen LogP contribution in [-0.2, 0) is 25.4 Å². The second kappa shape index (κ2) is 8.08. The fraction of sp³-hybridized carbons (Fsp3) is 0.308. The molecule has 0 saturated carbocycles. The first-order valence-corrected chi connectivity index (χ1v) is 11.1. The Balaban J connectivity index is 1.81. The van der Waals surface area contributed by atoms with Crippen molar-refractivity contribution in [3.05, 3.63) is 86.7 Å². The van der Waals surface area contributed by atoms with E-state index in [1.807, 2.05) is 68.4 Å². The summed E-state index contributed by atoms with van der Waals surface area (Å²) >= 11 is 0. The van der Waals surface area contributed by atoms with Crippen LogP contribution in [-0.4, -0.2) is 26.4 Å². The van der Waals surface area contributed by atoms with E-state index in [1.165, 1.54) is 11.6 Å². The summed E-state index contributed by atoms with van der Waals surface area (Å²) in [6.45, 7) is 5.07. The van der Waals surface area contributed by atoms with Crippen LogP contribution in [0.25, 0.3) is 22.2 Å². The molecule has 2 aromatic heterocycles. The Hall–Kier alpha value is -3.58. The highest BCUT2D eigenvalue weighted by molar-refractivity contribution is 5.96. The summed E-state index contributed by atoms with van der Waals surface area (Å²) in [5, 5.41) is 0.538. The second-order valence-electron chi connectivity index (χ2n) is 8.67. The molecule has 0 spiro atoms. The van der Waals surface area contributed by atoms with Gasteiger partial charge in [0, 0.05) is 20.6 Å². The standard InChI is InChI=1S/C26H27N3O4/c1-16(2)33-19-12-10-18(11-13-19)24-23-22-20(25(30)28(4)26(31)27(22)3)21(29(23)14-15-32-24)17-8-6-5-7-9-17/h5-13,16,24H,14-15H2,1-4H3/t24-/m0/s1. The quantitative estimate of drug-likeness (QED) is 0.481. The van der Waals surface area contributed by atoms with Crippen LogP contribution in [0.1, 0.15) is 31.2 Å². The number of ether oxygens (including phenoxy) is 2. The summed E-state index contributed by atoms with van der Waals surface area (Å²) in [4.78, 5) is 26.3. The van der Waals surface area contributed by atoms with E-state index < -0.39 is 6.10 Å². The molecule has 4 aromatic rings. The predicted molar refractivity (Wildman–Crippen MR) is 128 cm³/mol. The molecule has 5 rings (SSSR count). The van der Waals surface area contributed by atoms with Crippen LogP contribution in [0.3, 0.4) is 0 Å². The highest BCUT2D eigenvalue weighted by Gasteiger charge is 2.33. The fourth-order valence-corrected chi connectivity index (χ4v) is 4.72. The maximum atomic E-state index is 13.4. The minimum Gasteiger partial charge on any atom is -0.491 e. The van der Waals surface area contributed by atoms with Crippen molar-refractivity contribution in [2.75, 3.05) is 6.61 Å². The van der Waals surface area contributed by atoms with E-state index in [-0.39, 0.29) is 17.4 Å². The predicted octanol–water partition coefficient (Wildman–Crippen LogP) is 3.61. The van der Waals surface area contributed by atoms with Crippen LogP contribution in [0, 0.1) is 0 Å². The molecule has 170 valence electrons. The van der Waals surface area contributed by atoms with Gasteiger partial charge in [0.1, 0.15) is 11.9 Å². The van der Waals surface area contributed by atoms with E-state index in [1.54, 1.807) is 11.6 Å². The first-order chi connectivity index (χ1) is 15.9. The van der Waals surface area contributed by atoms with E-state index in [9.17, 15) is 9.59 Å². The molecule has 3 heterocycles. The lowest BCUT2D eigenvalue weighted by atomic mass is 10.0. The highest BCUT2D eigenvalue weighted by Crippen LogP contribution is 2.40. The third-order valence-corrected chi connectivity index (χ3v) is 6.15. The average molecular weight is 446 g/mol. The molecular formula is C26H27N3O4. The minimum absolute atomic E-state index is 0.0853. The van der Waals surface area contributed by atoms with Crippen LogP contribution in [0.4, 0.5) is 0 Å². The zero-order valence-electron chi connectivity index (χ0n) is 19.2. The first-order valence-electron chi connectivity index (χ1n) is 11.1. The van der Waals surface area contributed by atoms with Crippen LogP contribution >= 0.6 is 0 Å². The van der Waals surface area contributed by atoms with Gasteiger partial charge in [0.05, 0.1) is 35.0 Å². The number of hydrogen-bond acceptors (Lipinski definition) is 4. The average Bonchev–Trinajstić information content (AvgIpc) is 3.17. The van der Waals surface area contributed by atoms with Crippen molar-refractivity contribution >= 4 is 10.9 Å². The Morgan fingerprint density at radius 3 is 2.33 bits per heavy atom. The van der Waals surface area contributed by atoms with E-state index >= 15 is 0 Å². The van der Waals surface area contributed by atoms with Crippen molar-refractivity contribution in [1.29, 1.82) is 0 Å². The van der Waals surface area contributed by atoms with E-state index in [0.717, 1.165) is 28.3 Å². The first kappa shape index (κ1) is 21.3. The van der Waals surface area contributed by atoms with Crippen molar-refractivity contribution in [2.45, 2.75) is 32.6 Å². The minimum atomic E-state index is -0.412. The Bertz CT molecular complexity index is 1440. The van der Waals surface area contributed by atoms with E-state index in [2.05, 4.69) is 4.57 Å². The normalized spacial score (nSPS) is 15.7. The lowest BCUT2D eigenvalue weighted by molar-refractivity contribution is 0.0478. The van der Waals surface area contributed by atoms with Gasteiger partial charge in [0.25, 0.3) is 5.56 Å². The molecule has 1 atom stereocenters. The van der Waals surface area contributed by atoms with Crippen LogP contribution < -0.4 is 16.0 Å². The van der Waals surface area contributed by atoms with Crippen LogP contribution in [0.5, 0.6) is 5.75 Å². The summed E-state index contributed by atoms with van der Waals surface area (Å²) < 4.78 is 16.9. The van der Waals surface area contributed by atoms with Gasteiger partial charge in [-0.15, -0.1) is 0 Å². The smallest absolute Gasteiger partial charge is 0.331 e. The van der Waals surface area contributed by atoms with Gasteiger partial charge in [-0.05, 0) is 37.1 Å². The lowest BCUT2D eigenvalue weighted by Gasteiger charge is -2.28. The maximum absolute atomic E-state index is 13.4. The van der Waals surface area contributed by atoms with Crippen molar-refractivity contribution in [1.82, 2.24) is 13.7 Å². The highest BCUT2D eigenvalue weighted by atomic mass is 16.5. The van der Waals surface area contributed by atoms with Gasteiger partial charge in [0.2, 0.25) is 0 Å². The van der Waals surface area contributed by atoms with Gasteiger partial charge >= 0.3 is 5.69 Å². The fourth-order valence-electron chi connectivity index (χ4n) is 4.72. The number of hydrogen-bond donors (Lipinski definition) is 0. The molecule has 0 N–H and O–H groups in total. The van der Waals surface area contributed by atoms with Crippen molar-refractivity contribution in [3.63, 3.8) is 0 Å². The number of aromatic nitrogens is 3. The summed E-state index contributed by atoms with van der Waals surface area (Å²) in [7, 11) is 3.24. The summed E-state index contributed by atoms with van der Waals surface area (Å²) in [6.07, 6.45) is -0.327. The molecule has 1 aliphatic heterocycles. The van der Waals surface area contributed by atoms with Crippen LogP contribution in [0.2, 0.25) is 0 Å². The molecule has 0 bridgehead atoms. The third-order valence-electron chi connectivity index (χ3n) is 6.15. The van der Waals surface area contributed by atoms with Gasteiger partial charge in [-0.25, -0.2) is 4.79 Å². The van der Waals surface area contributed by atoms with Crippen LogP contribution in [0.15, 0.2) is 64.2 Å². The maximum Gasteiger partial charge on any atom is 0.331 e. The molecule has 7 nitrogen and oxygen atoms in total. The molecule has 7 heteroatoms. The largest absolute Gasteiger partial charge is 0.491 e. The Labute approximate surface area is 191 Å². The van der Waals surface area contributed by atoms with Gasteiger partial charge in [-0.1, -0.05) is 42.5 Å². The van der Waals surface area contributed by atoms with Gasteiger partial charge in [0.15, 0.2) is 0 Å². The molecule has 0 fully saturated rings. The SMILES string of the molecule is CC(C)Oc1ccc([C@@H]2OCCn3c(-c4ccccc4)c4c(=O)n(C)c(=O)n(C)c4c32)cc1. The molecule has 0 radical (unpaired) electrons. The number of fused-ring (bicyclic) bond motifs is 3. The van der Waals surface area contributed by atoms with Gasteiger partial charge in [-0.2, -0.15) is 0 Å². The van der Waals surface area contributed by atoms with Gasteiger partial charge in [-0.3, -0.25) is 13.9 Å². The molecule has 33 heavy (non-hydrogen) atoms. The third kappa shape index (κ3) is 3.40. The number of benzene rings is 2. The van der Waals surface area contributed by atoms with Crippen molar-refractivity contribution in [2.24, 2.45) is 14.1 Å². The van der Waals surface area contributed by atoms with Crippen molar-refractivity contribution < 1.29 is 9.47 Å². The number of aryl methyl sites for hydroxylation is 1. The summed E-state index contributed by atoms with van der Waals surface area (Å²) in [5.74, 6) is 0.788. The van der Waals surface area contributed by atoms with Crippen molar-refractivity contribution in [3.8, 4) is 17.0 Å². The Morgan fingerprint density at radius 1 is 0.970 bits per heavy atom. The number of nitrogens with zero attached hydrogens (tertiary/aromatic N) is 3. The van der Waals surface area contributed by atoms with E-state index in [0.29, 0.717) is 24.1 Å². The Kier molecular flexibility index (Phi) is 5.21. The molecule has 0 unspecified atom stereocenters.